The van der Waals surface area contributed by atoms with Gasteiger partial charge in [0.2, 0.25) is 6.29 Å². The van der Waals surface area contributed by atoms with Crippen LogP contribution < -0.4 is 9.47 Å². The minimum Gasteiger partial charge on any atom is -0.479 e. The lowest BCUT2D eigenvalue weighted by molar-refractivity contribution is -0.183. The summed E-state index contributed by atoms with van der Waals surface area (Å²) in [6.07, 6.45) is -6.03. The number of rotatable bonds is 9. The highest BCUT2D eigenvalue weighted by molar-refractivity contribution is 5.74. The van der Waals surface area contributed by atoms with Crippen molar-refractivity contribution in [1.82, 2.24) is 0 Å². The number of alkyl halides is 3. The lowest BCUT2D eigenvalue weighted by Crippen LogP contribution is -2.30. The first-order valence-electron chi connectivity index (χ1n) is 10.2. The molecule has 174 valence electrons. The Kier molecular flexibility index (Phi) is 7.95. The Morgan fingerprint density at radius 3 is 1.94 bits per heavy atom. The number of esters is 1. The molecule has 3 aromatic rings. The molecule has 2 atom stereocenters. The molecule has 0 fully saturated rings. The zero-order valence-corrected chi connectivity index (χ0v) is 18.0. The van der Waals surface area contributed by atoms with E-state index in [1.54, 1.807) is 38.1 Å². The molecule has 5 nitrogen and oxygen atoms in total. The first-order chi connectivity index (χ1) is 15.7. The smallest absolute Gasteiger partial charge is 0.416 e. The third kappa shape index (κ3) is 7.54. The van der Waals surface area contributed by atoms with Gasteiger partial charge in [-0.25, -0.2) is 4.79 Å². The molecule has 8 heteroatoms. The van der Waals surface area contributed by atoms with Crippen molar-refractivity contribution in [3.05, 3.63) is 90.0 Å². The molecule has 0 N–H and O–H groups in total. The summed E-state index contributed by atoms with van der Waals surface area (Å²) in [5.41, 5.74) is 0.211. The molecule has 0 spiro atoms. The van der Waals surface area contributed by atoms with Crippen LogP contribution in [0.25, 0.3) is 0 Å². The summed E-state index contributed by atoms with van der Waals surface area (Å²) in [4.78, 5) is 12.2. The van der Waals surface area contributed by atoms with Crippen LogP contribution in [-0.2, 0) is 27.1 Å². The standard InChI is InChI=1S/C25H23F3O5/c1-17(24(29)32-18(2)30-16-19-6-4-3-5-7-19)31-21-12-14-23(15-13-21)33-22-10-8-20(9-11-22)25(26,27)28/h3-15,17-18H,16H2,1-2H3. The molecule has 0 bridgehead atoms. The van der Waals surface area contributed by atoms with Crippen LogP contribution in [-0.4, -0.2) is 18.4 Å². The fraction of sp³-hybridized carbons (Fsp3) is 0.240. The van der Waals surface area contributed by atoms with Crippen molar-refractivity contribution in [3.63, 3.8) is 0 Å². The highest BCUT2D eigenvalue weighted by atomic mass is 19.4. The molecule has 0 heterocycles. The van der Waals surface area contributed by atoms with E-state index < -0.39 is 30.1 Å². The van der Waals surface area contributed by atoms with E-state index in [-0.39, 0.29) is 5.75 Å². The molecule has 0 saturated carbocycles. The van der Waals surface area contributed by atoms with Gasteiger partial charge >= 0.3 is 12.1 Å². The largest absolute Gasteiger partial charge is 0.479 e. The van der Waals surface area contributed by atoms with Crippen LogP contribution in [0.5, 0.6) is 17.2 Å². The van der Waals surface area contributed by atoms with Gasteiger partial charge < -0.3 is 18.9 Å². The quantitative estimate of drug-likeness (QED) is 0.274. The zero-order chi connectivity index (χ0) is 23.8. The average Bonchev–Trinajstić information content (AvgIpc) is 2.79. The lowest BCUT2D eigenvalue weighted by Gasteiger charge is -2.18. The van der Waals surface area contributed by atoms with Gasteiger partial charge in [0, 0.05) is 0 Å². The van der Waals surface area contributed by atoms with Crippen molar-refractivity contribution in [3.8, 4) is 17.2 Å². The summed E-state index contributed by atoms with van der Waals surface area (Å²) >= 11 is 0. The SMILES string of the molecule is CC(OCc1ccccc1)OC(=O)C(C)Oc1ccc(Oc2ccc(C(F)(F)F)cc2)cc1. The van der Waals surface area contributed by atoms with Crippen LogP contribution in [0.3, 0.4) is 0 Å². The molecule has 2 unspecified atom stereocenters. The molecule has 0 aliphatic carbocycles. The number of carbonyl (C=O) groups is 1. The molecule has 0 radical (unpaired) electrons. The predicted molar refractivity (Wildman–Crippen MR) is 115 cm³/mol. The number of carbonyl (C=O) groups excluding carboxylic acids is 1. The Labute approximate surface area is 189 Å². The van der Waals surface area contributed by atoms with E-state index in [1.165, 1.54) is 12.1 Å². The van der Waals surface area contributed by atoms with Crippen LogP contribution in [0.15, 0.2) is 78.9 Å². The molecular formula is C25H23F3O5. The van der Waals surface area contributed by atoms with E-state index >= 15 is 0 Å². The topological polar surface area (TPSA) is 54.0 Å². The highest BCUT2D eigenvalue weighted by Crippen LogP contribution is 2.31. The van der Waals surface area contributed by atoms with E-state index in [9.17, 15) is 18.0 Å². The van der Waals surface area contributed by atoms with E-state index in [0.29, 0.717) is 18.1 Å². The molecule has 3 aromatic carbocycles. The van der Waals surface area contributed by atoms with Crippen LogP contribution in [0, 0.1) is 0 Å². The molecule has 3 rings (SSSR count). The maximum absolute atomic E-state index is 12.6. The molecule has 0 aliphatic rings. The van der Waals surface area contributed by atoms with E-state index in [2.05, 4.69) is 0 Å². The maximum Gasteiger partial charge on any atom is 0.416 e. The van der Waals surface area contributed by atoms with Crippen LogP contribution in [0.1, 0.15) is 25.0 Å². The second-order valence-electron chi connectivity index (χ2n) is 7.16. The zero-order valence-electron chi connectivity index (χ0n) is 18.0. The molecule has 33 heavy (non-hydrogen) atoms. The van der Waals surface area contributed by atoms with Gasteiger partial charge in [0.05, 0.1) is 12.2 Å². The molecule has 0 aromatic heterocycles. The third-order valence-corrected chi connectivity index (χ3v) is 4.50. The van der Waals surface area contributed by atoms with Gasteiger partial charge in [-0.2, -0.15) is 13.2 Å². The number of benzene rings is 3. The molecule has 0 amide bonds. The van der Waals surface area contributed by atoms with Crippen LogP contribution >= 0.6 is 0 Å². The van der Waals surface area contributed by atoms with Crippen molar-refractivity contribution in [2.45, 2.75) is 39.0 Å². The fourth-order valence-corrected chi connectivity index (χ4v) is 2.77. The van der Waals surface area contributed by atoms with Gasteiger partial charge in [0.1, 0.15) is 17.2 Å². The molecule has 0 saturated heterocycles. The second kappa shape index (κ2) is 10.9. The number of hydrogen-bond acceptors (Lipinski definition) is 5. The first-order valence-corrected chi connectivity index (χ1v) is 10.2. The summed E-state index contributed by atoms with van der Waals surface area (Å²) in [5.74, 6) is 0.482. The van der Waals surface area contributed by atoms with Gasteiger partial charge in [-0.3, -0.25) is 0 Å². The van der Waals surface area contributed by atoms with Crippen LogP contribution in [0.2, 0.25) is 0 Å². The minimum absolute atomic E-state index is 0.262. The Hall–Kier alpha value is -3.52. The van der Waals surface area contributed by atoms with Gasteiger partial charge in [0.25, 0.3) is 0 Å². The van der Waals surface area contributed by atoms with E-state index in [1.807, 2.05) is 30.3 Å². The van der Waals surface area contributed by atoms with Crippen molar-refractivity contribution >= 4 is 5.97 Å². The van der Waals surface area contributed by atoms with Crippen molar-refractivity contribution < 1.29 is 36.9 Å². The fourth-order valence-electron chi connectivity index (χ4n) is 2.77. The van der Waals surface area contributed by atoms with E-state index in [4.69, 9.17) is 18.9 Å². The summed E-state index contributed by atoms with van der Waals surface area (Å²) < 4.78 is 59.8. The lowest BCUT2D eigenvalue weighted by atomic mass is 10.2. The Bertz CT molecular complexity index is 1020. The van der Waals surface area contributed by atoms with Crippen molar-refractivity contribution in [1.29, 1.82) is 0 Å². The number of hydrogen-bond donors (Lipinski definition) is 0. The summed E-state index contributed by atoms with van der Waals surface area (Å²) in [6, 6.07) is 20.2. The van der Waals surface area contributed by atoms with Gasteiger partial charge in [-0.15, -0.1) is 0 Å². The van der Waals surface area contributed by atoms with E-state index in [0.717, 1.165) is 17.7 Å². The molecule has 0 aliphatic heterocycles. The Morgan fingerprint density at radius 2 is 1.36 bits per heavy atom. The van der Waals surface area contributed by atoms with Crippen LogP contribution in [0.4, 0.5) is 13.2 Å². The summed E-state index contributed by atoms with van der Waals surface area (Å²) in [6.45, 7) is 3.49. The number of halogens is 3. The predicted octanol–water partition coefficient (Wildman–Crippen LogP) is 6.37. The third-order valence-electron chi connectivity index (χ3n) is 4.50. The maximum atomic E-state index is 12.6. The van der Waals surface area contributed by atoms with Crippen molar-refractivity contribution in [2.75, 3.05) is 0 Å². The Morgan fingerprint density at radius 1 is 0.818 bits per heavy atom. The first kappa shape index (κ1) is 24.1. The number of ether oxygens (including phenoxy) is 4. The minimum atomic E-state index is -4.40. The summed E-state index contributed by atoms with van der Waals surface area (Å²) in [5, 5.41) is 0. The van der Waals surface area contributed by atoms with Gasteiger partial charge in [-0.1, -0.05) is 30.3 Å². The monoisotopic (exact) mass is 460 g/mol. The van der Waals surface area contributed by atoms with Gasteiger partial charge in [0.15, 0.2) is 6.10 Å². The highest BCUT2D eigenvalue weighted by Gasteiger charge is 2.30. The molecular weight excluding hydrogens is 437 g/mol. The van der Waals surface area contributed by atoms with Crippen molar-refractivity contribution in [2.24, 2.45) is 0 Å². The van der Waals surface area contributed by atoms with Gasteiger partial charge in [-0.05, 0) is 67.9 Å². The average molecular weight is 460 g/mol. The Balaban J connectivity index is 1.46. The normalized spacial score (nSPS) is 13.1. The second-order valence-corrected chi connectivity index (χ2v) is 7.16. The summed E-state index contributed by atoms with van der Waals surface area (Å²) in [7, 11) is 0.